The number of aromatic nitrogens is 2. The molecule has 0 spiro atoms. The molecule has 0 bridgehead atoms. The Labute approximate surface area is 220 Å². The summed E-state index contributed by atoms with van der Waals surface area (Å²) in [6.45, 7) is 8.34. The first-order valence-corrected chi connectivity index (χ1v) is 12.5. The van der Waals surface area contributed by atoms with Crippen LogP contribution in [0.2, 0.25) is 0 Å². The van der Waals surface area contributed by atoms with Gasteiger partial charge in [0.15, 0.2) is 5.01 Å². The van der Waals surface area contributed by atoms with Gasteiger partial charge in [-0.15, -0.1) is 11.3 Å². The third-order valence-corrected chi connectivity index (χ3v) is 6.54. The van der Waals surface area contributed by atoms with Crippen molar-refractivity contribution < 1.29 is 36.6 Å². The Balaban J connectivity index is 2.16. The van der Waals surface area contributed by atoms with Crippen LogP contribution < -0.4 is 10.6 Å². The van der Waals surface area contributed by atoms with Gasteiger partial charge in [0.2, 0.25) is 0 Å². The number of halogens is 5. The van der Waals surface area contributed by atoms with E-state index in [0.717, 1.165) is 17.2 Å². The van der Waals surface area contributed by atoms with Crippen LogP contribution in [0.25, 0.3) is 10.4 Å². The quantitative estimate of drug-likeness (QED) is 0.436. The molecule has 3 rings (SSSR count). The Hall–Kier alpha value is -2.87. The van der Waals surface area contributed by atoms with Gasteiger partial charge in [0.1, 0.15) is 11.5 Å². The summed E-state index contributed by atoms with van der Waals surface area (Å²) in [7, 11) is 0. The van der Waals surface area contributed by atoms with Crippen molar-refractivity contribution in [2.45, 2.75) is 77.2 Å². The molecule has 1 atom stereocenters. The van der Waals surface area contributed by atoms with Gasteiger partial charge in [0.25, 0.3) is 17.7 Å². The zero-order valence-electron chi connectivity index (χ0n) is 21.8. The number of likely N-dealkylation sites (tertiary alicyclic amines) is 1. The number of nitrogens with zero attached hydrogens (tertiary/aromatic N) is 3. The number of pyridine rings is 1. The summed E-state index contributed by atoms with van der Waals surface area (Å²) in [6.07, 6.45) is -4.57. The summed E-state index contributed by atoms with van der Waals surface area (Å²) >= 11 is 0.509. The summed E-state index contributed by atoms with van der Waals surface area (Å²) < 4.78 is 70.6. The highest BCUT2D eigenvalue weighted by atomic mass is 32.1. The fraction of sp³-hybridized carbons (Fsp3) is 0.583. The maximum atomic E-state index is 14.2. The number of thiazole rings is 1. The zero-order chi connectivity index (χ0) is 28.8. The molecule has 3 heterocycles. The lowest BCUT2D eigenvalue weighted by atomic mass is 10.1. The SMILES string of the molecule is C[C@H]1CC(F)(F)CN1C(=O)c1nc(C(=O)NCC(C)(C)O)sc1-c1cnc(NC(C)(C)C)cc1C(F)(F)F. The van der Waals surface area contributed by atoms with Crippen molar-refractivity contribution in [1.29, 1.82) is 0 Å². The minimum Gasteiger partial charge on any atom is -0.389 e. The molecule has 210 valence electrons. The van der Waals surface area contributed by atoms with Gasteiger partial charge in [-0.2, -0.15) is 13.2 Å². The first-order chi connectivity index (χ1) is 17.2. The Morgan fingerprint density at radius 1 is 1.21 bits per heavy atom. The molecule has 1 aliphatic rings. The van der Waals surface area contributed by atoms with Gasteiger partial charge < -0.3 is 20.6 Å². The lowest BCUT2D eigenvalue weighted by Crippen LogP contribution is -2.38. The molecule has 0 saturated carbocycles. The lowest BCUT2D eigenvalue weighted by molar-refractivity contribution is -0.137. The average Bonchev–Trinajstić information content (AvgIpc) is 3.29. The van der Waals surface area contributed by atoms with E-state index < -0.39 is 70.9 Å². The molecule has 0 aliphatic carbocycles. The van der Waals surface area contributed by atoms with E-state index in [1.807, 2.05) is 0 Å². The molecule has 1 saturated heterocycles. The van der Waals surface area contributed by atoms with E-state index >= 15 is 0 Å². The van der Waals surface area contributed by atoms with Gasteiger partial charge in [-0.3, -0.25) is 9.59 Å². The van der Waals surface area contributed by atoms with E-state index in [1.54, 1.807) is 20.8 Å². The van der Waals surface area contributed by atoms with Crippen LogP contribution >= 0.6 is 11.3 Å². The number of amides is 2. The van der Waals surface area contributed by atoms with Crippen LogP contribution in [0.3, 0.4) is 0 Å². The van der Waals surface area contributed by atoms with Crippen LogP contribution in [0.15, 0.2) is 12.3 Å². The third kappa shape index (κ3) is 7.16. The zero-order valence-corrected chi connectivity index (χ0v) is 22.6. The summed E-state index contributed by atoms with van der Waals surface area (Å²) in [5.41, 5.74) is -4.12. The topological polar surface area (TPSA) is 107 Å². The second-order valence-electron chi connectivity index (χ2n) is 11.0. The highest BCUT2D eigenvalue weighted by Gasteiger charge is 2.46. The second kappa shape index (κ2) is 10.0. The van der Waals surface area contributed by atoms with Gasteiger partial charge in [-0.25, -0.2) is 18.7 Å². The Morgan fingerprint density at radius 3 is 2.34 bits per heavy atom. The van der Waals surface area contributed by atoms with Crippen molar-refractivity contribution >= 4 is 29.0 Å². The first-order valence-electron chi connectivity index (χ1n) is 11.7. The minimum atomic E-state index is -4.88. The number of carbonyl (C=O) groups excluding carboxylic acids is 2. The van der Waals surface area contributed by atoms with Crippen LogP contribution in [0.4, 0.5) is 27.8 Å². The average molecular weight is 564 g/mol. The number of carbonyl (C=O) groups is 2. The van der Waals surface area contributed by atoms with Gasteiger partial charge in [0.05, 0.1) is 22.6 Å². The first kappa shape index (κ1) is 29.7. The molecule has 14 heteroatoms. The highest BCUT2D eigenvalue weighted by molar-refractivity contribution is 7.17. The van der Waals surface area contributed by atoms with Crippen molar-refractivity contribution in [3.8, 4) is 10.4 Å². The molecule has 0 radical (unpaired) electrons. The maximum Gasteiger partial charge on any atom is 0.417 e. The van der Waals surface area contributed by atoms with Crippen molar-refractivity contribution in [3.63, 3.8) is 0 Å². The maximum absolute atomic E-state index is 14.2. The Kier molecular flexibility index (Phi) is 7.83. The molecule has 1 aliphatic heterocycles. The third-order valence-electron chi connectivity index (χ3n) is 5.45. The summed E-state index contributed by atoms with van der Waals surface area (Å²) in [6, 6.07) is -0.118. The molecule has 38 heavy (non-hydrogen) atoms. The largest absolute Gasteiger partial charge is 0.417 e. The van der Waals surface area contributed by atoms with E-state index in [4.69, 9.17) is 0 Å². The molecule has 0 aromatic carbocycles. The van der Waals surface area contributed by atoms with Crippen molar-refractivity contribution in [2.75, 3.05) is 18.4 Å². The number of anilines is 1. The van der Waals surface area contributed by atoms with Gasteiger partial charge >= 0.3 is 6.18 Å². The molecule has 2 amide bonds. The fourth-order valence-electron chi connectivity index (χ4n) is 3.86. The number of nitrogens with one attached hydrogen (secondary N) is 2. The van der Waals surface area contributed by atoms with E-state index in [1.165, 1.54) is 20.8 Å². The number of hydrogen-bond acceptors (Lipinski definition) is 7. The second-order valence-corrected chi connectivity index (χ2v) is 12.0. The van der Waals surface area contributed by atoms with Crippen molar-refractivity contribution in [2.24, 2.45) is 0 Å². The lowest BCUT2D eigenvalue weighted by Gasteiger charge is -2.23. The van der Waals surface area contributed by atoms with Gasteiger partial charge in [-0.05, 0) is 47.6 Å². The summed E-state index contributed by atoms with van der Waals surface area (Å²) in [4.78, 5) is 34.7. The molecule has 0 unspecified atom stereocenters. The van der Waals surface area contributed by atoms with Crippen LogP contribution in [-0.2, 0) is 6.18 Å². The monoisotopic (exact) mass is 563 g/mol. The smallest absolute Gasteiger partial charge is 0.389 e. The fourth-order valence-corrected chi connectivity index (χ4v) is 4.86. The van der Waals surface area contributed by atoms with E-state index in [9.17, 15) is 36.6 Å². The van der Waals surface area contributed by atoms with E-state index in [-0.39, 0.29) is 22.2 Å². The molecule has 2 aromatic rings. The molecular weight excluding hydrogens is 533 g/mol. The van der Waals surface area contributed by atoms with Gasteiger partial charge in [-0.1, -0.05) is 0 Å². The van der Waals surface area contributed by atoms with E-state index in [0.29, 0.717) is 11.3 Å². The standard InChI is InChI=1S/C24H30F5N5O3S/c1-12-8-23(25,26)11-34(12)20(36)16-17(38-19(32-16)18(35)31-10-22(5,6)37)13-9-30-15(33-21(2,3)4)7-14(13)24(27,28)29/h7,9,12,37H,8,10-11H2,1-6H3,(H,30,33)(H,31,35)/t12-/m0/s1. The number of aliphatic hydroxyl groups is 1. The molecule has 3 N–H and O–H groups in total. The molecule has 8 nitrogen and oxygen atoms in total. The number of hydrogen-bond donors (Lipinski definition) is 3. The molecule has 1 fully saturated rings. The van der Waals surface area contributed by atoms with Crippen LogP contribution in [-0.4, -0.2) is 68.0 Å². The number of alkyl halides is 5. The predicted molar refractivity (Wildman–Crippen MR) is 132 cm³/mol. The summed E-state index contributed by atoms with van der Waals surface area (Å²) in [5, 5.41) is 14.8. The van der Waals surface area contributed by atoms with Crippen LogP contribution in [0.1, 0.15) is 73.8 Å². The van der Waals surface area contributed by atoms with Crippen molar-refractivity contribution in [1.82, 2.24) is 20.2 Å². The van der Waals surface area contributed by atoms with Gasteiger partial charge in [0, 0.05) is 36.3 Å². The Bertz CT molecular complexity index is 1220. The molecule has 2 aromatic heterocycles. The summed E-state index contributed by atoms with van der Waals surface area (Å²) in [5.74, 6) is -5.10. The normalized spacial score (nSPS) is 18.0. The van der Waals surface area contributed by atoms with Crippen LogP contribution in [0.5, 0.6) is 0 Å². The minimum absolute atomic E-state index is 0.0677. The molecular formula is C24H30F5N5O3S. The van der Waals surface area contributed by atoms with Crippen LogP contribution in [0, 0.1) is 0 Å². The Morgan fingerprint density at radius 2 is 1.84 bits per heavy atom. The van der Waals surface area contributed by atoms with E-state index in [2.05, 4.69) is 20.6 Å². The highest BCUT2D eigenvalue weighted by Crippen LogP contribution is 2.42. The number of rotatable bonds is 6. The predicted octanol–water partition coefficient (Wildman–Crippen LogP) is 4.80. The van der Waals surface area contributed by atoms with Crippen molar-refractivity contribution in [3.05, 3.63) is 28.5 Å².